The number of amides is 1. The predicted octanol–water partition coefficient (Wildman–Crippen LogP) is 3.78. The summed E-state index contributed by atoms with van der Waals surface area (Å²) in [6.45, 7) is 6.29. The molecule has 1 fully saturated rings. The lowest BCUT2D eigenvalue weighted by Crippen LogP contribution is -2.41. The van der Waals surface area contributed by atoms with Crippen molar-refractivity contribution in [2.24, 2.45) is 0 Å². The molecule has 2 rings (SSSR count). The van der Waals surface area contributed by atoms with Gasteiger partial charge >= 0.3 is 12.1 Å². The van der Waals surface area contributed by atoms with Crippen LogP contribution < -0.4 is 0 Å². The molecule has 23 heavy (non-hydrogen) atoms. The number of carbonyl (C=O) groups is 2. The summed E-state index contributed by atoms with van der Waals surface area (Å²) in [4.78, 5) is 25.0. The van der Waals surface area contributed by atoms with Gasteiger partial charge in [-0.2, -0.15) is 0 Å². The van der Waals surface area contributed by atoms with Gasteiger partial charge in [0.1, 0.15) is 5.60 Å². The maximum atomic E-state index is 12.4. The molecule has 0 aliphatic carbocycles. The fraction of sp³-hybridized carbons (Fsp3) is 0.556. The van der Waals surface area contributed by atoms with Crippen LogP contribution in [0.3, 0.4) is 0 Å². The molecular formula is C18H25NO4. The van der Waals surface area contributed by atoms with Crippen LogP contribution in [0, 0.1) is 0 Å². The third-order valence-corrected chi connectivity index (χ3v) is 3.85. The first-order valence-corrected chi connectivity index (χ1v) is 8.06. The average molecular weight is 319 g/mol. The molecule has 0 bridgehead atoms. The molecule has 1 aliphatic heterocycles. The second-order valence-corrected chi connectivity index (χ2v) is 7.00. The van der Waals surface area contributed by atoms with E-state index in [0.29, 0.717) is 6.54 Å². The number of hydrogen-bond donors (Lipinski definition) is 1. The van der Waals surface area contributed by atoms with Gasteiger partial charge in [0.05, 0.1) is 12.5 Å². The molecule has 126 valence electrons. The number of carbonyl (C=O) groups excluding carboxylic acids is 1. The zero-order chi connectivity index (χ0) is 17.0. The lowest BCUT2D eigenvalue weighted by Gasteiger charge is -2.37. The Kier molecular flexibility index (Phi) is 5.29. The average Bonchev–Trinajstić information content (AvgIpc) is 2.46. The number of rotatable bonds is 3. The van der Waals surface area contributed by atoms with Crippen LogP contribution in [0.5, 0.6) is 0 Å². The van der Waals surface area contributed by atoms with E-state index in [1.165, 1.54) is 0 Å². The molecule has 1 N–H and O–H groups in total. The second kappa shape index (κ2) is 7.02. The van der Waals surface area contributed by atoms with Gasteiger partial charge in [-0.1, -0.05) is 24.3 Å². The molecule has 1 aliphatic rings. The van der Waals surface area contributed by atoms with Crippen molar-refractivity contribution in [1.82, 2.24) is 4.90 Å². The number of carboxylic acid groups (broad SMARTS) is 1. The van der Waals surface area contributed by atoms with Gasteiger partial charge in [-0.25, -0.2) is 4.79 Å². The Morgan fingerprint density at radius 1 is 1.22 bits per heavy atom. The molecule has 1 aromatic carbocycles. The van der Waals surface area contributed by atoms with Crippen LogP contribution in [0.15, 0.2) is 24.3 Å². The quantitative estimate of drug-likeness (QED) is 0.921. The first-order chi connectivity index (χ1) is 10.8. The molecular weight excluding hydrogens is 294 g/mol. The van der Waals surface area contributed by atoms with E-state index < -0.39 is 11.6 Å². The monoisotopic (exact) mass is 319 g/mol. The maximum Gasteiger partial charge on any atom is 0.410 e. The number of likely N-dealkylation sites (tertiary alicyclic amines) is 1. The Labute approximate surface area is 137 Å². The minimum atomic E-state index is -0.842. The van der Waals surface area contributed by atoms with Gasteiger partial charge in [-0.3, -0.25) is 4.79 Å². The first-order valence-electron chi connectivity index (χ1n) is 8.06. The van der Waals surface area contributed by atoms with Crippen LogP contribution in [0.1, 0.15) is 57.2 Å². The summed E-state index contributed by atoms with van der Waals surface area (Å²) in [6, 6.07) is 7.49. The van der Waals surface area contributed by atoms with Crippen molar-refractivity contribution in [3.05, 3.63) is 35.4 Å². The van der Waals surface area contributed by atoms with E-state index in [4.69, 9.17) is 9.84 Å². The summed E-state index contributed by atoms with van der Waals surface area (Å²) in [5, 5.41) is 8.84. The van der Waals surface area contributed by atoms with Crippen LogP contribution in [0.4, 0.5) is 4.79 Å². The smallest absolute Gasteiger partial charge is 0.410 e. The van der Waals surface area contributed by atoms with Gasteiger partial charge in [-0.15, -0.1) is 0 Å². The highest BCUT2D eigenvalue weighted by molar-refractivity contribution is 5.70. The van der Waals surface area contributed by atoms with E-state index in [2.05, 4.69) is 0 Å². The lowest BCUT2D eigenvalue weighted by atomic mass is 9.94. The van der Waals surface area contributed by atoms with Crippen molar-refractivity contribution in [2.75, 3.05) is 6.54 Å². The topological polar surface area (TPSA) is 66.8 Å². The molecule has 5 heteroatoms. The molecule has 0 saturated carbocycles. The van der Waals surface area contributed by atoms with Crippen molar-refractivity contribution >= 4 is 12.1 Å². The zero-order valence-corrected chi connectivity index (χ0v) is 14.0. The Balaban J connectivity index is 2.14. The van der Waals surface area contributed by atoms with Crippen LogP contribution >= 0.6 is 0 Å². The number of ether oxygens (including phenoxy) is 1. The van der Waals surface area contributed by atoms with Crippen molar-refractivity contribution < 1.29 is 19.4 Å². The molecule has 0 spiro atoms. The van der Waals surface area contributed by atoms with E-state index in [0.717, 1.165) is 30.4 Å². The highest BCUT2D eigenvalue weighted by Crippen LogP contribution is 2.32. The van der Waals surface area contributed by atoms with Crippen LogP contribution in [-0.2, 0) is 16.0 Å². The standard InChI is InChI=1S/C18H25NO4/c1-18(2,3)23-17(22)19-11-5-4-6-15(19)14-9-7-13(8-10-14)12-16(20)21/h7-10,15H,4-6,11-12H2,1-3H3,(H,20,21). The molecule has 0 radical (unpaired) electrons. The minimum absolute atomic E-state index is 0.00234. The van der Waals surface area contributed by atoms with Crippen molar-refractivity contribution in [2.45, 2.75) is 58.1 Å². The third-order valence-electron chi connectivity index (χ3n) is 3.85. The fourth-order valence-corrected chi connectivity index (χ4v) is 2.85. The largest absolute Gasteiger partial charge is 0.481 e. The van der Waals surface area contributed by atoms with Gasteiger partial charge in [0.2, 0.25) is 0 Å². The van der Waals surface area contributed by atoms with Crippen molar-refractivity contribution in [1.29, 1.82) is 0 Å². The number of carboxylic acids is 1. The first kappa shape index (κ1) is 17.3. The molecule has 1 atom stereocenters. The predicted molar refractivity (Wildman–Crippen MR) is 87.3 cm³/mol. The van der Waals surface area contributed by atoms with Crippen molar-refractivity contribution in [3.63, 3.8) is 0 Å². The number of aliphatic carboxylic acids is 1. The minimum Gasteiger partial charge on any atom is -0.481 e. The summed E-state index contributed by atoms with van der Waals surface area (Å²) in [6.07, 6.45) is 2.68. The normalized spacial score (nSPS) is 18.6. The third kappa shape index (κ3) is 4.98. The molecule has 5 nitrogen and oxygen atoms in total. The van der Waals surface area contributed by atoms with E-state index >= 15 is 0 Å². The Morgan fingerprint density at radius 2 is 1.87 bits per heavy atom. The van der Waals surface area contributed by atoms with E-state index in [-0.39, 0.29) is 18.6 Å². The van der Waals surface area contributed by atoms with Crippen molar-refractivity contribution in [3.8, 4) is 0 Å². The Bertz CT molecular complexity index is 559. The van der Waals surface area contributed by atoms with Crippen LogP contribution in [0.2, 0.25) is 0 Å². The van der Waals surface area contributed by atoms with Gasteiger partial charge < -0.3 is 14.7 Å². The number of hydrogen-bond acceptors (Lipinski definition) is 3. The maximum absolute atomic E-state index is 12.4. The van der Waals surface area contributed by atoms with Crippen LogP contribution in [-0.4, -0.2) is 34.2 Å². The molecule has 1 saturated heterocycles. The summed E-state index contributed by atoms with van der Waals surface area (Å²) in [5.74, 6) is -0.842. The SMILES string of the molecule is CC(C)(C)OC(=O)N1CCCCC1c1ccc(CC(=O)O)cc1. The Morgan fingerprint density at radius 3 is 2.43 bits per heavy atom. The lowest BCUT2D eigenvalue weighted by molar-refractivity contribution is -0.136. The van der Waals surface area contributed by atoms with E-state index in [1.807, 2.05) is 45.0 Å². The van der Waals surface area contributed by atoms with Gasteiger partial charge in [-0.05, 0) is 51.2 Å². The summed E-state index contributed by atoms with van der Waals surface area (Å²) in [5.41, 5.74) is 1.29. The highest BCUT2D eigenvalue weighted by atomic mass is 16.6. The second-order valence-electron chi connectivity index (χ2n) is 7.00. The number of piperidine rings is 1. The summed E-state index contributed by atoms with van der Waals surface area (Å²) < 4.78 is 5.51. The highest BCUT2D eigenvalue weighted by Gasteiger charge is 2.31. The number of nitrogens with zero attached hydrogens (tertiary/aromatic N) is 1. The van der Waals surface area contributed by atoms with Gasteiger partial charge in [0.15, 0.2) is 0 Å². The molecule has 1 aromatic rings. The van der Waals surface area contributed by atoms with Gasteiger partial charge in [0.25, 0.3) is 0 Å². The summed E-state index contributed by atoms with van der Waals surface area (Å²) >= 11 is 0. The zero-order valence-electron chi connectivity index (χ0n) is 14.0. The molecule has 0 aromatic heterocycles. The molecule has 1 amide bonds. The van der Waals surface area contributed by atoms with E-state index in [1.54, 1.807) is 4.90 Å². The number of benzene rings is 1. The van der Waals surface area contributed by atoms with Crippen LogP contribution in [0.25, 0.3) is 0 Å². The molecule has 1 unspecified atom stereocenters. The van der Waals surface area contributed by atoms with Gasteiger partial charge in [0, 0.05) is 6.54 Å². The Hall–Kier alpha value is -2.04. The summed E-state index contributed by atoms with van der Waals surface area (Å²) in [7, 11) is 0. The molecule has 1 heterocycles. The van der Waals surface area contributed by atoms with E-state index in [9.17, 15) is 9.59 Å². The fourth-order valence-electron chi connectivity index (χ4n) is 2.85.